The van der Waals surface area contributed by atoms with Crippen LogP contribution < -0.4 is 5.73 Å². The molecule has 0 saturated carbocycles. The number of hydrogen-bond donors (Lipinski definition) is 1. The largest absolute Gasteiger partial charge is 0.469 e. The first-order valence-corrected chi connectivity index (χ1v) is 6.70. The predicted octanol–water partition coefficient (Wildman–Crippen LogP) is 2.59. The lowest BCUT2D eigenvalue weighted by atomic mass is 10.0. The molecule has 2 rings (SSSR count). The quantitative estimate of drug-likeness (QED) is 0.676. The zero-order valence-electron chi connectivity index (χ0n) is 12.6. The molecule has 0 aliphatic heterocycles. The number of hydrogen-bond acceptors (Lipinski definition) is 5. The van der Waals surface area contributed by atoms with Gasteiger partial charge in [0, 0.05) is 24.3 Å². The fourth-order valence-electron chi connectivity index (χ4n) is 2.32. The van der Waals surface area contributed by atoms with E-state index in [-0.39, 0.29) is 0 Å². The fourth-order valence-corrected chi connectivity index (χ4v) is 2.32. The standard InChI is InChI=1S/C16H20N2O3/c1-11-12(7-8-21-11)9-18(2)10-13-5-4-6-14(17)15(13)16(19)20-3/h4-8H,9-10,17H2,1-3H3. The maximum absolute atomic E-state index is 11.9. The van der Waals surface area contributed by atoms with Crippen LogP contribution >= 0.6 is 0 Å². The highest BCUT2D eigenvalue weighted by Crippen LogP contribution is 2.20. The van der Waals surface area contributed by atoms with E-state index in [4.69, 9.17) is 14.9 Å². The molecule has 1 heterocycles. The minimum absolute atomic E-state index is 0.406. The molecule has 0 fully saturated rings. The van der Waals surface area contributed by atoms with Gasteiger partial charge in [0.1, 0.15) is 5.76 Å². The molecular formula is C16H20N2O3. The van der Waals surface area contributed by atoms with Crippen molar-refractivity contribution in [3.63, 3.8) is 0 Å². The lowest BCUT2D eigenvalue weighted by Crippen LogP contribution is -2.20. The summed E-state index contributed by atoms with van der Waals surface area (Å²) in [4.78, 5) is 14.0. The Balaban J connectivity index is 2.17. The molecule has 0 atom stereocenters. The lowest BCUT2D eigenvalue weighted by Gasteiger charge is -2.18. The van der Waals surface area contributed by atoms with Crippen molar-refractivity contribution in [2.75, 3.05) is 19.9 Å². The van der Waals surface area contributed by atoms with E-state index in [9.17, 15) is 4.79 Å². The van der Waals surface area contributed by atoms with Gasteiger partial charge in [-0.05, 0) is 31.7 Å². The molecular weight excluding hydrogens is 268 g/mol. The second-order valence-electron chi connectivity index (χ2n) is 5.05. The number of rotatable bonds is 5. The molecule has 2 aromatic rings. The van der Waals surface area contributed by atoms with Gasteiger partial charge < -0.3 is 14.9 Å². The number of furan rings is 1. The second kappa shape index (κ2) is 6.45. The van der Waals surface area contributed by atoms with Gasteiger partial charge in [0.05, 0.1) is 18.9 Å². The van der Waals surface area contributed by atoms with Crippen LogP contribution in [-0.2, 0) is 17.8 Å². The first-order valence-electron chi connectivity index (χ1n) is 6.70. The number of esters is 1. The number of nitrogens with two attached hydrogens (primary N) is 1. The molecule has 2 N–H and O–H groups in total. The summed E-state index contributed by atoms with van der Waals surface area (Å²) in [7, 11) is 3.34. The minimum Gasteiger partial charge on any atom is -0.469 e. The Morgan fingerprint density at radius 3 is 2.62 bits per heavy atom. The normalized spacial score (nSPS) is 10.9. The van der Waals surface area contributed by atoms with E-state index in [2.05, 4.69) is 4.90 Å². The molecule has 0 aliphatic carbocycles. The average Bonchev–Trinajstić information content (AvgIpc) is 2.83. The van der Waals surface area contributed by atoms with Crippen LogP contribution in [0.5, 0.6) is 0 Å². The summed E-state index contributed by atoms with van der Waals surface area (Å²) in [5.74, 6) is 0.499. The van der Waals surface area contributed by atoms with Crippen LogP contribution in [0, 0.1) is 6.92 Å². The Bertz CT molecular complexity index is 634. The fraction of sp³-hybridized carbons (Fsp3) is 0.312. The van der Waals surface area contributed by atoms with E-state index in [0.29, 0.717) is 17.8 Å². The molecule has 1 aromatic heterocycles. The van der Waals surface area contributed by atoms with E-state index < -0.39 is 5.97 Å². The third-order valence-corrected chi connectivity index (χ3v) is 3.42. The van der Waals surface area contributed by atoms with Crippen LogP contribution in [0.4, 0.5) is 5.69 Å². The van der Waals surface area contributed by atoms with Gasteiger partial charge >= 0.3 is 5.97 Å². The van der Waals surface area contributed by atoms with Crippen molar-refractivity contribution in [3.05, 3.63) is 53.0 Å². The first-order chi connectivity index (χ1) is 10.0. The van der Waals surface area contributed by atoms with Crippen LogP contribution in [-0.4, -0.2) is 25.0 Å². The number of carbonyl (C=O) groups excluding carboxylic acids is 1. The Hall–Kier alpha value is -2.27. The molecule has 0 saturated heterocycles. The number of carbonyl (C=O) groups is 1. The number of aryl methyl sites for hydroxylation is 1. The molecule has 0 radical (unpaired) electrons. The summed E-state index contributed by atoms with van der Waals surface area (Å²) in [5.41, 5.74) is 8.76. The maximum atomic E-state index is 11.9. The Labute approximate surface area is 124 Å². The van der Waals surface area contributed by atoms with Crippen LogP contribution in [0.25, 0.3) is 0 Å². The van der Waals surface area contributed by atoms with Crippen molar-refractivity contribution in [1.82, 2.24) is 4.90 Å². The van der Waals surface area contributed by atoms with E-state index >= 15 is 0 Å². The van der Waals surface area contributed by atoms with Crippen molar-refractivity contribution in [2.45, 2.75) is 20.0 Å². The SMILES string of the molecule is COC(=O)c1c(N)cccc1CN(C)Cc1ccoc1C. The summed E-state index contributed by atoms with van der Waals surface area (Å²) in [6, 6.07) is 7.39. The highest BCUT2D eigenvalue weighted by Gasteiger charge is 2.17. The van der Waals surface area contributed by atoms with E-state index in [0.717, 1.165) is 23.4 Å². The van der Waals surface area contributed by atoms with Crippen LogP contribution in [0.1, 0.15) is 27.2 Å². The number of nitrogens with zero attached hydrogens (tertiary/aromatic N) is 1. The van der Waals surface area contributed by atoms with Gasteiger partial charge in [-0.1, -0.05) is 12.1 Å². The number of ether oxygens (including phenoxy) is 1. The van der Waals surface area contributed by atoms with Gasteiger partial charge in [-0.3, -0.25) is 4.90 Å². The van der Waals surface area contributed by atoms with Crippen molar-refractivity contribution in [2.24, 2.45) is 0 Å². The van der Waals surface area contributed by atoms with Gasteiger partial charge in [0.2, 0.25) is 0 Å². The van der Waals surface area contributed by atoms with Crippen LogP contribution in [0.2, 0.25) is 0 Å². The van der Waals surface area contributed by atoms with Gasteiger partial charge in [-0.15, -0.1) is 0 Å². The third kappa shape index (κ3) is 3.44. The van der Waals surface area contributed by atoms with Crippen molar-refractivity contribution >= 4 is 11.7 Å². The molecule has 0 amide bonds. The Morgan fingerprint density at radius 2 is 2.00 bits per heavy atom. The molecule has 0 bridgehead atoms. The van der Waals surface area contributed by atoms with Crippen molar-refractivity contribution in [1.29, 1.82) is 0 Å². The summed E-state index contributed by atoms with van der Waals surface area (Å²) in [5, 5.41) is 0. The first kappa shape index (κ1) is 15.1. The molecule has 0 unspecified atom stereocenters. The summed E-state index contributed by atoms with van der Waals surface area (Å²) < 4.78 is 10.1. The topological polar surface area (TPSA) is 68.7 Å². The highest BCUT2D eigenvalue weighted by atomic mass is 16.5. The predicted molar refractivity (Wildman–Crippen MR) is 80.8 cm³/mol. The zero-order valence-corrected chi connectivity index (χ0v) is 12.6. The molecule has 0 spiro atoms. The number of benzene rings is 1. The van der Waals surface area contributed by atoms with E-state index in [1.165, 1.54) is 7.11 Å². The molecule has 112 valence electrons. The van der Waals surface area contributed by atoms with E-state index in [1.807, 2.05) is 32.2 Å². The third-order valence-electron chi connectivity index (χ3n) is 3.42. The number of methoxy groups -OCH3 is 1. The molecule has 0 aliphatic rings. The molecule has 1 aromatic carbocycles. The van der Waals surface area contributed by atoms with Gasteiger partial charge in [-0.25, -0.2) is 4.79 Å². The monoisotopic (exact) mass is 288 g/mol. The van der Waals surface area contributed by atoms with Crippen LogP contribution in [0.15, 0.2) is 34.9 Å². The maximum Gasteiger partial charge on any atom is 0.340 e. The minimum atomic E-state index is -0.406. The molecule has 5 heteroatoms. The highest BCUT2D eigenvalue weighted by molar-refractivity contribution is 5.96. The lowest BCUT2D eigenvalue weighted by molar-refractivity contribution is 0.0599. The summed E-state index contributed by atoms with van der Waals surface area (Å²) >= 11 is 0. The summed E-state index contributed by atoms with van der Waals surface area (Å²) in [6.45, 7) is 3.27. The Kier molecular flexibility index (Phi) is 4.65. The summed E-state index contributed by atoms with van der Waals surface area (Å²) in [6.07, 6.45) is 1.68. The van der Waals surface area contributed by atoms with E-state index in [1.54, 1.807) is 12.3 Å². The molecule has 5 nitrogen and oxygen atoms in total. The zero-order chi connectivity index (χ0) is 15.4. The smallest absolute Gasteiger partial charge is 0.340 e. The average molecular weight is 288 g/mol. The number of anilines is 1. The van der Waals surface area contributed by atoms with Gasteiger partial charge in [0.25, 0.3) is 0 Å². The van der Waals surface area contributed by atoms with Crippen LogP contribution in [0.3, 0.4) is 0 Å². The number of nitrogen functional groups attached to an aromatic ring is 1. The molecule has 21 heavy (non-hydrogen) atoms. The Morgan fingerprint density at radius 1 is 1.29 bits per heavy atom. The van der Waals surface area contributed by atoms with Gasteiger partial charge in [0.15, 0.2) is 0 Å². The second-order valence-corrected chi connectivity index (χ2v) is 5.05. The van der Waals surface area contributed by atoms with Crippen molar-refractivity contribution in [3.8, 4) is 0 Å². The van der Waals surface area contributed by atoms with Gasteiger partial charge in [-0.2, -0.15) is 0 Å². The van der Waals surface area contributed by atoms with Crippen molar-refractivity contribution < 1.29 is 13.9 Å².